The Kier molecular flexibility index (Phi) is 5.31. The van der Waals surface area contributed by atoms with Gasteiger partial charge in [0, 0.05) is 51.0 Å². The summed E-state index contributed by atoms with van der Waals surface area (Å²) in [5.41, 5.74) is 1.21. The average Bonchev–Trinajstić information content (AvgIpc) is 2.76. The maximum atomic E-state index is 12.1. The quantitative estimate of drug-likeness (QED) is 0.817. The molecule has 0 aromatic carbocycles. The molecule has 128 valence electrons. The van der Waals surface area contributed by atoms with Crippen LogP contribution in [0.3, 0.4) is 0 Å². The van der Waals surface area contributed by atoms with Crippen LogP contribution in [-0.2, 0) is 21.3 Å². The average molecular weight is 339 g/mol. The second-order valence-electron chi connectivity index (χ2n) is 6.31. The lowest BCUT2D eigenvalue weighted by Gasteiger charge is -2.37. The van der Waals surface area contributed by atoms with Crippen molar-refractivity contribution in [3.8, 4) is 0 Å². The molecule has 2 saturated heterocycles. The first kappa shape index (κ1) is 16.8. The van der Waals surface area contributed by atoms with Gasteiger partial charge < -0.3 is 4.74 Å². The number of pyridine rings is 1. The molecule has 2 atom stereocenters. The molecular weight excluding hydrogens is 314 g/mol. The van der Waals surface area contributed by atoms with Gasteiger partial charge in [-0.25, -0.2) is 8.42 Å². The number of rotatable bonds is 4. The van der Waals surface area contributed by atoms with Crippen molar-refractivity contribution in [1.82, 2.24) is 14.2 Å². The van der Waals surface area contributed by atoms with E-state index < -0.39 is 10.0 Å². The molecule has 0 spiro atoms. The van der Waals surface area contributed by atoms with Crippen LogP contribution in [0.2, 0.25) is 0 Å². The molecule has 1 aromatic rings. The zero-order valence-electron chi connectivity index (χ0n) is 13.6. The van der Waals surface area contributed by atoms with E-state index in [1.54, 1.807) is 17.4 Å². The summed E-state index contributed by atoms with van der Waals surface area (Å²) in [6, 6.07) is 4.05. The number of hydrogen-bond acceptors (Lipinski definition) is 5. The summed E-state index contributed by atoms with van der Waals surface area (Å²) in [5.74, 6) is 0.565. The van der Waals surface area contributed by atoms with Gasteiger partial charge in [-0.3, -0.25) is 9.88 Å². The summed E-state index contributed by atoms with van der Waals surface area (Å²) < 4.78 is 31.7. The second-order valence-corrected chi connectivity index (χ2v) is 8.57. The van der Waals surface area contributed by atoms with Crippen LogP contribution in [0.15, 0.2) is 24.5 Å². The van der Waals surface area contributed by atoms with Gasteiger partial charge in [-0.15, -0.1) is 0 Å². The van der Waals surface area contributed by atoms with Crippen LogP contribution in [0.1, 0.15) is 18.9 Å². The van der Waals surface area contributed by atoms with Crippen molar-refractivity contribution in [2.24, 2.45) is 5.92 Å². The second kappa shape index (κ2) is 7.25. The van der Waals surface area contributed by atoms with E-state index in [2.05, 4.69) is 16.0 Å². The Bertz CT molecular complexity index is 608. The summed E-state index contributed by atoms with van der Waals surface area (Å²) >= 11 is 0. The third-order valence-corrected chi connectivity index (χ3v) is 6.63. The fraction of sp³-hybridized carbons (Fsp3) is 0.688. The van der Waals surface area contributed by atoms with Crippen LogP contribution >= 0.6 is 0 Å². The highest BCUT2D eigenvalue weighted by Crippen LogP contribution is 2.26. The van der Waals surface area contributed by atoms with Crippen molar-refractivity contribution in [2.45, 2.75) is 26.0 Å². The first-order chi connectivity index (χ1) is 11.1. The first-order valence-electron chi connectivity index (χ1n) is 8.29. The minimum Gasteiger partial charge on any atom is -0.375 e. The Morgan fingerprint density at radius 2 is 2.22 bits per heavy atom. The predicted octanol–water partition coefficient (Wildman–Crippen LogP) is 0.954. The monoisotopic (exact) mass is 339 g/mol. The lowest BCUT2D eigenvalue weighted by molar-refractivity contribution is -0.00187. The van der Waals surface area contributed by atoms with Gasteiger partial charge in [-0.05, 0) is 25.0 Å². The van der Waals surface area contributed by atoms with Gasteiger partial charge in [-0.1, -0.05) is 6.07 Å². The Balaban J connectivity index is 1.62. The third-order valence-electron chi connectivity index (χ3n) is 4.78. The fourth-order valence-corrected chi connectivity index (χ4v) is 4.54. The summed E-state index contributed by atoms with van der Waals surface area (Å²) in [6.07, 6.45) is 4.58. The largest absolute Gasteiger partial charge is 0.375 e. The van der Waals surface area contributed by atoms with Crippen molar-refractivity contribution >= 4 is 10.0 Å². The molecule has 23 heavy (non-hydrogen) atoms. The van der Waals surface area contributed by atoms with Gasteiger partial charge in [0.15, 0.2) is 0 Å². The maximum absolute atomic E-state index is 12.1. The molecule has 2 fully saturated rings. The standard InChI is InChI=1S/C16H25N3O3S/c1-2-23(20,21)19-7-5-15-12-18(8-9-22-16(15)13-19)11-14-4-3-6-17-10-14/h3-4,6,10,15-16H,2,5,7-9,11-13H2,1H3/t15-,16-/m0/s1. The molecule has 0 amide bonds. The normalized spacial score (nSPS) is 27.3. The number of aromatic nitrogens is 1. The fourth-order valence-electron chi connectivity index (χ4n) is 3.42. The van der Waals surface area contributed by atoms with E-state index in [4.69, 9.17) is 4.74 Å². The van der Waals surface area contributed by atoms with Crippen molar-refractivity contribution < 1.29 is 13.2 Å². The van der Waals surface area contributed by atoms with Gasteiger partial charge in [0.2, 0.25) is 10.0 Å². The van der Waals surface area contributed by atoms with Crippen LogP contribution in [0.25, 0.3) is 0 Å². The smallest absolute Gasteiger partial charge is 0.213 e. The lowest BCUT2D eigenvalue weighted by atomic mass is 9.94. The molecule has 6 nitrogen and oxygen atoms in total. The molecule has 0 radical (unpaired) electrons. The number of fused-ring (bicyclic) bond motifs is 1. The summed E-state index contributed by atoms with van der Waals surface area (Å²) in [7, 11) is -3.11. The summed E-state index contributed by atoms with van der Waals surface area (Å²) in [5, 5.41) is 0. The minimum absolute atomic E-state index is 0.0176. The Hall–Kier alpha value is -1.02. The number of hydrogen-bond donors (Lipinski definition) is 0. The van der Waals surface area contributed by atoms with Gasteiger partial charge in [0.05, 0.1) is 18.5 Å². The molecule has 0 saturated carbocycles. The molecule has 0 N–H and O–H groups in total. The molecule has 2 aliphatic rings. The minimum atomic E-state index is -3.11. The van der Waals surface area contributed by atoms with E-state index >= 15 is 0 Å². The lowest BCUT2D eigenvalue weighted by Crippen LogP contribution is -2.49. The van der Waals surface area contributed by atoms with Gasteiger partial charge in [-0.2, -0.15) is 4.31 Å². The highest BCUT2D eigenvalue weighted by molar-refractivity contribution is 7.89. The molecule has 2 aliphatic heterocycles. The van der Waals surface area contributed by atoms with Crippen LogP contribution < -0.4 is 0 Å². The van der Waals surface area contributed by atoms with Gasteiger partial charge in [0.25, 0.3) is 0 Å². The van der Waals surface area contributed by atoms with Gasteiger partial charge >= 0.3 is 0 Å². The number of piperidine rings is 1. The third kappa shape index (κ3) is 4.09. The zero-order chi connectivity index (χ0) is 16.3. The Labute approximate surface area is 138 Å². The van der Waals surface area contributed by atoms with Crippen LogP contribution in [0.4, 0.5) is 0 Å². The van der Waals surface area contributed by atoms with E-state index in [0.29, 0.717) is 25.6 Å². The Morgan fingerprint density at radius 3 is 2.96 bits per heavy atom. The number of nitrogens with zero attached hydrogens (tertiary/aromatic N) is 3. The molecule has 3 rings (SSSR count). The Morgan fingerprint density at radius 1 is 1.35 bits per heavy atom. The topological polar surface area (TPSA) is 62.7 Å². The highest BCUT2D eigenvalue weighted by Gasteiger charge is 2.36. The first-order valence-corrected chi connectivity index (χ1v) is 9.90. The molecule has 1 aromatic heterocycles. The molecule has 7 heteroatoms. The maximum Gasteiger partial charge on any atom is 0.213 e. The number of sulfonamides is 1. The highest BCUT2D eigenvalue weighted by atomic mass is 32.2. The van der Waals surface area contributed by atoms with Gasteiger partial charge in [0.1, 0.15) is 0 Å². The molecule has 0 aliphatic carbocycles. The molecule has 0 unspecified atom stereocenters. The zero-order valence-corrected chi connectivity index (χ0v) is 14.4. The van der Waals surface area contributed by atoms with E-state index in [1.807, 2.05) is 12.3 Å². The SMILES string of the molecule is CCS(=O)(=O)N1CC[C@H]2CN(Cc3cccnc3)CCO[C@H]2C1. The van der Waals surface area contributed by atoms with E-state index in [-0.39, 0.29) is 11.9 Å². The van der Waals surface area contributed by atoms with Crippen molar-refractivity contribution in [3.05, 3.63) is 30.1 Å². The van der Waals surface area contributed by atoms with Crippen molar-refractivity contribution in [2.75, 3.05) is 38.5 Å². The summed E-state index contributed by atoms with van der Waals surface area (Å²) in [4.78, 5) is 6.56. The van der Waals surface area contributed by atoms with E-state index in [0.717, 1.165) is 26.1 Å². The molecule has 0 bridgehead atoms. The van der Waals surface area contributed by atoms with Crippen molar-refractivity contribution in [3.63, 3.8) is 0 Å². The molecule has 3 heterocycles. The number of ether oxygens (including phenoxy) is 1. The van der Waals surface area contributed by atoms with Crippen LogP contribution in [0.5, 0.6) is 0 Å². The predicted molar refractivity (Wildman–Crippen MR) is 88.4 cm³/mol. The van der Waals surface area contributed by atoms with Crippen molar-refractivity contribution in [1.29, 1.82) is 0 Å². The van der Waals surface area contributed by atoms with E-state index in [9.17, 15) is 8.42 Å². The molecular formula is C16H25N3O3S. The summed E-state index contributed by atoms with van der Waals surface area (Å²) in [6.45, 7) is 6.18. The van der Waals surface area contributed by atoms with Crippen LogP contribution in [-0.4, -0.2) is 67.2 Å². The van der Waals surface area contributed by atoms with E-state index in [1.165, 1.54) is 5.56 Å². The van der Waals surface area contributed by atoms with Crippen LogP contribution in [0, 0.1) is 5.92 Å².